The van der Waals surface area contributed by atoms with E-state index in [1.54, 1.807) is 0 Å². The van der Waals surface area contributed by atoms with E-state index in [1.807, 2.05) is 18.2 Å². The Kier molecular flexibility index (Phi) is 20.9. The fraction of sp³-hybridized carbons (Fsp3) is 0. The molecule has 0 radical (unpaired) electrons. The summed E-state index contributed by atoms with van der Waals surface area (Å²) in [7, 11) is 0. The first-order valence-corrected chi connectivity index (χ1v) is 39.6. The van der Waals surface area contributed by atoms with Crippen molar-refractivity contribution in [1.29, 1.82) is 0 Å². The molecule has 0 spiro atoms. The molecular formula is C112H79ClN2. The van der Waals surface area contributed by atoms with Gasteiger partial charge in [0.15, 0.2) is 0 Å². The second kappa shape index (κ2) is 33.5. The number of nitrogens with zero attached hydrogens (tertiary/aromatic N) is 1. The molecule has 0 unspecified atom stereocenters. The summed E-state index contributed by atoms with van der Waals surface area (Å²) in [6.07, 6.45) is 0. The van der Waals surface area contributed by atoms with E-state index in [1.165, 1.54) is 154 Å². The number of hydrogen-bond acceptors (Lipinski definition) is 2. The van der Waals surface area contributed by atoms with E-state index in [0.29, 0.717) is 0 Å². The predicted molar refractivity (Wildman–Crippen MR) is 493 cm³/mol. The zero-order valence-corrected chi connectivity index (χ0v) is 64.1. The Hall–Kier alpha value is -14.7. The number of fused-ring (bicyclic) bond motifs is 6. The highest BCUT2D eigenvalue weighted by molar-refractivity contribution is 6.30. The van der Waals surface area contributed by atoms with E-state index >= 15 is 0 Å². The van der Waals surface area contributed by atoms with Gasteiger partial charge < -0.3 is 10.2 Å². The average molecular weight is 1490 g/mol. The number of anilines is 5. The van der Waals surface area contributed by atoms with Crippen LogP contribution in [0.25, 0.3) is 154 Å². The Morgan fingerprint density at radius 2 is 0.452 bits per heavy atom. The molecule has 115 heavy (non-hydrogen) atoms. The van der Waals surface area contributed by atoms with Crippen LogP contribution in [0.4, 0.5) is 28.4 Å². The maximum absolute atomic E-state index is 6.01. The van der Waals surface area contributed by atoms with E-state index in [9.17, 15) is 0 Å². The van der Waals surface area contributed by atoms with Crippen molar-refractivity contribution < 1.29 is 0 Å². The van der Waals surface area contributed by atoms with Crippen LogP contribution in [0, 0.1) is 0 Å². The molecule has 0 amide bonds. The third-order valence-corrected chi connectivity index (χ3v) is 21.9. The number of hydrogen-bond donors (Lipinski definition) is 1. The Morgan fingerprint density at radius 1 is 0.157 bits per heavy atom. The minimum absolute atomic E-state index is 0.767. The van der Waals surface area contributed by atoms with E-state index in [2.05, 4.69) is 465 Å². The first-order chi connectivity index (χ1) is 56.9. The first kappa shape index (κ1) is 71.9. The maximum atomic E-state index is 6.01. The van der Waals surface area contributed by atoms with Gasteiger partial charge in [0, 0.05) is 33.5 Å². The molecule has 0 aliphatic carbocycles. The largest absolute Gasteiger partial charge is 0.355 e. The summed E-state index contributed by atoms with van der Waals surface area (Å²) >= 11 is 6.01. The first-order valence-electron chi connectivity index (χ1n) is 39.2. The van der Waals surface area contributed by atoms with Crippen molar-refractivity contribution in [2.24, 2.45) is 0 Å². The molecule has 3 heteroatoms. The van der Waals surface area contributed by atoms with Crippen LogP contribution < -0.4 is 10.2 Å². The van der Waals surface area contributed by atoms with Gasteiger partial charge in [-0.25, -0.2) is 0 Å². The lowest BCUT2D eigenvalue weighted by Crippen LogP contribution is -2.10. The van der Waals surface area contributed by atoms with Crippen molar-refractivity contribution in [1.82, 2.24) is 0 Å². The highest BCUT2D eigenvalue weighted by Gasteiger charge is 2.20. The molecule has 1 N–H and O–H groups in total. The Bertz CT molecular complexity index is 6740. The summed E-state index contributed by atoms with van der Waals surface area (Å²) in [5.74, 6) is 0. The fourth-order valence-corrected chi connectivity index (χ4v) is 16.1. The lowest BCUT2D eigenvalue weighted by molar-refractivity contribution is 1.28. The molecule has 0 bridgehead atoms. The van der Waals surface area contributed by atoms with E-state index < -0.39 is 0 Å². The molecule has 0 aromatic heterocycles. The molecule has 20 aromatic rings. The second-order valence-electron chi connectivity index (χ2n) is 28.9. The summed E-state index contributed by atoms with van der Waals surface area (Å²) in [5.41, 5.74) is 29.5. The van der Waals surface area contributed by atoms with Gasteiger partial charge in [0.1, 0.15) is 0 Å². The highest BCUT2D eigenvalue weighted by atomic mass is 35.5. The van der Waals surface area contributed by atoms with Crippen LogP contribution in [0.3, 0.4) is 0 Å². The van der Waals surface area contributed by atoms with Gasteiger partial charge >= 0.3 is 0 Å². The van der Waals surface area contributed by atoms with Crippen molar-refractivity contribution in [3.8, 4) is 111 Å². The zero-order valence-electron chi connectivity index (χ0n) is 63.4. The summed E-state index contributed by atoms with van der Waals surface area (Å²) < 4.78 is 0. The molecule has 0 aliphatic rings. The van der Waals surface area contributed by atoms with Gasteiger partial charge in [0.2, 0.25) is 0 Å². The van der Waals surface area contributed by atoms with Gasteiger partial charge in [-0.1, -0.05) is 400 Å². The molecule has 0 heterocycles. The Labute approximate surface area is 678 Å². The minimum atomic E-state index is 0.767. The van der Waals surface area contributed by atoms with Gasteiger partial charge in [-0.15, -0.1) is 0 Å². The standard InChI is InChI=1S/C56H39N.C36H27N.C20H13Cl/c1-4-15-40(16-5-1)41-27-29-42(30-28-41)46-22-14-23-49(37-46)57(50-35-36-52(43-17-6-2-7-18-43)56(39-50)44-19-8-3-9-20-44)48-33-31-45(32-34-48)55-38-47-21-10-11-24-51(47)53-25-12-13-26-54(53)55;1-4-11-27(12-5-1)28-19-21-29(22-20-28)32-17-10-18-33(25-32)37-34-23-24-35(30-13-6-2-7-14-30)36(26-34)31-15-8-3-9-16-31;21-16-11-9-14(10-12-16)20-13-15-5-1-2-6-17(15)18-7-3-4-8-19(18)20/h1-39H;1-26,37H;1-13H. The highest BCUT2D eigenvalue weighted by Crippen LogP contribution is 2.45. The Balaban J connectivity index is 0.000000134. The summed E-state index contributed by atoms with van der Waals surface area (Å²) in [4.78, 5) is 2.39. The van der Waals surface area contributed by atoms with Gasteiger partial charge in [-0.2, -0.15) is 0 Å². The topological polar surface area (TPSA) is 15.3 Å². The van der Waals surface area contributed by atoms with Gasteiger partial charge in [-0.3, -0.25) is 0 Å². The third kappa shape index (κ3) is 15.9. The number of halogens is 1. The van der Waals surface area contributed by atoms with Crippen LogP contribution in [0.2, 0.25) is 5.02 Å². The van der Waals surface area contributed by atoms with E-state index in [-0.39, 0.29) is 0 Å². The van der Waals surface area contributed by atoms with Crippen molar-refractivity contribution in [3.63, 3.8) is 0 Å². The van der Waals surface area contributed by atoms with Crippen LogP contribution >= 0.6 is 11.6 Å². The van der Waals surface area contributed by atoms with E-state index in [4.69, 9.17) is 11.6 Å². The van der Waals surface area contributed by atoms with Crippen LogP contribution in [0.1, 0.15) is 0 Å². The van der Waals surface area contributed by atoms with Crippen molar-refractivity contribution in [2.45, 2.75) is 0 Å². The van der Waals surface area contributed by atoms with Crippen molar-refractivity contribution in [2.75, 3.05) is 10.2 Å². The quantitative estimate of drug-likeness (QED) is 0.103. The number of benzene rings is 20. The average Bonchev–Trinajstić information content (AvgIpc) is 0.771. The molecule has 0 atom stereocenters. The summed E-state index contributed by atoms with van der Waals surface area (Å²) in [6.45, 7) is 0. The van der Waals surface area contributed by atoms with Gasteiger partial charge in [0.25, 0.3) is 0 Å². The van der Waals surface area contributed by atoms with Crippen molar-refractivity contribution in [3.05, 3.63) is 478 Å². The molecule has 20 aromatic carbocycles. The predicted octanol–water partition coefficient (Wildman–Crippen LogP) is 32.2. The smallest absolute Gasteiger partial charge is 0.0468 e. The lowest BCUT2D eigenvalue weighted by Gasteiger charge is -2.27. The molecule has 0 fully saturated rings. The molecule has 2 nitrogen and oxygen atoms in total. The van der Waals surface area contributed by atoms with Crippen molar-refractivity contribution >= 4 is 83.1 Å². The lowest BCUT2D eigenvalue weighted by atomic mass is 9.93. The van der Waals surface area contributed by atoms with Gasteiger partial charge in [-0.05, 0) is 239 Å². The fourth-order valence-electron chi connectivity index (χ4n) is 15.9. The van der Waals surface area contributed by atoms with Crippen LogP contribution in [-0.4, -0.2) is 0 Å². The molecule has 20 rings (SSSR count). The summed E-state index contributed by atoms with van der Waals surface area (Å²) in [5, 5.41) is 14.6. The molecule has 544 valence electrons. The van der Waals surface area contributed by atoms with Crippen LogP contribution in [0.15, 0.2) is 473 Å². The number of nitrogens with one attached hydrogen (secondary N) is 1. The molecular weight excluding hydrogens is 1410 g/mol. The minimum Gasteiger partial charge on any atom is -0.355 e. The summed E-state index contributed by atoms with van der Waals surface area (Å²) in [6, 6.07) is 169. The van der Waals surface area contributed by atoms with Crippen LogP contribution in [-0.2, 0) is 0 Å². The molecule has 0 saturated carbocycles. The second-order valence-corrected chi connectivity index (χ2v) is 29.3. The van der Waals surface area contributed by atoms with E-state index in [0.717, 1.165) is 33.5 Å². The SMILES string of the molecule is Clc1ccc(-c2cc3ccccc3c3ccccc23)cc1.c1ccc(-c2ccc(-c3cccc(N(c4ccc(-c5cc6ccccc6c6ccccc56)cc4)c4ccc(-c5ccccc5)c(-c5ccccc5)c4)c3)cc2)cc1.c1ccc(-c2ccc(-c3cccc(Nc4ccc(-c5ccccc5)c(-c5ccccc5)c4)c3)cc2)cc1. The Morgan fingerprint density at radius 3 is 0.913 bits per heavy atom. The molecule has 0 aliphatic heterocycles. The normalized spacial score (nSPS) is 11.0. The third-order valence-electron chi connectivity index (χ3n) is 21.7. The monoisotopic (exact) mass is 1490 g/mol. The molecule has 0 saturated heterocycles. The van der Waals surface area contributed by atoms with Gasteiger partial charge in [0.05, 0.1) is 0 Å². The zero-order chi connectivity index (χ0) is 77.1. The van der Waals surface area contributed by atoms with Crippen LogP contribution in [0.5, 0.6) is 0 Å². The number of rotatable bonds is 15. The maximum Gasteiger partial charge on any atom is 0.0468 e.